The second-order valence-corrected chi connectivity index (χ2v) is 33.5. The molecule has 0 unspecified atom stereocenters. The predicted octanol–water partition coefficient (Wildman–Crippen LogP) is 6.65. The van der Waals surface area contributed by atoms with Crippen molar-refractivity contribution in [3.05, 3.63) is 91.0 Å². The molecule has 0 saturated carbocycles. The lowest BCUT2D eigenvalue weighted by molar-refractivity contribution is 0.384. The van der Waals surface area contributed by atoms with Gasteiger partial charge in [-0.25, -0.2) is 0 Å². The summed E-state index contributed by atoms with van der Waals surface area (Å²) in [5.74, 6) is 0. The van der Waals surface area contributed by atoms with E-state index in [4.69, 9.17) is 12.3 Å². The molecule has 200 valence electrons. The molecule has 0 amide bonds. The van der Waals surface area contributed by atoms with Gasteiger partial charge in [0.2, 0.25) is 0 Å². The van der Waals surface area contributed by atoms with Crippen molar-refractivity contribution >= 4 is 57.4 Å². The van der Waals surface area contributed by atoms with Crippen LogP contribution < -0.4 is 15.6 Å². The van der Waals surface area contributed by atoms with Gasteiger partial charge in [0.15, 0.2) is 25.0 Å². The van der Waals surface area contributed by atoms with Crippen LogP contribution in [0.3, 0.4) is 0 Å². The van der Waals surface area contributed by atoms with Gasteiger partial charge in [-0.1, -0.05) is 91.0 Å². The molecule has 0 fully saturated rings. The second kappa shape index (κ2) is 11.8. The summed E-state index contributed by atoms with van der Waals surface area (Å²) in [7, 11) is -10.8. The third kappa shape index (κ3) is 8.56. The summed E-state index contributed by atoms with van der Waals surface area (Å²) in [6.45, 7) is 20.8. The lowest BCUT2D eigenvalue weighted by Crippen LogP contribution is -2.72. The first-order chi connectivity index (χ1) is 17.1. The topological polar surface area (TPSA) is 27.7 Å². The molecule has 0 aliphatic rings. The molecular weight excluding hydrogens is 537 g/mol. The first-order valence-corrected chi connectivity index (χ1v) is 27.8. The zero-order valence-corrected chi connectivity index (χ0v) is 29.3. The van der Waals surface area contributed by atoms with E-state index < -0.39 is 41.8 Å². The van der Waals surface area contributed by atoms with Gasteiger partial charge in [-0.05, 0) is 86.6 Å². The van der Waals surface area contributed by atoms with E-state index in [0.717, 1.165) is 12.1 Å². The van der Waals surface area contributed by atoms with Crippen LogP contribution in [0, 0.1) is 0 Å². The standard InChI is InChI=1S/C29H46O3Si5/c1-33(2,3)30-36(9,31-34(4,5)6)26-25-35(7,8)32-37(27-19-13-10-14-20-27,28-21-15-11-16-22-28)29-23-17-12-18-24-29/h10-24H,25-26H2,1-9H3. The number of hydrogen-bond acceptors (Lipinski definition) is 3. The van der Waals surface area contributed by atoms with Crippen molar-refractivity contribution in [2.45, 2.75) is 71.0 Å². The molecular formula is C29H46O3Si5. The van der Waals surface area contributed by atoms with Crippen LogP contribution in [0.1, 0.15) is 0 Å². The van der Waals surface area contributed by atoms with Gasteiger partial charge in [0.25, 0.3) is 8.32 Å². The van der Waals surface area contributed by atoms with Crippen molar-refractivity contribution in [3.8, 4) is 0 Å². The molecule has 3 rings (SSSR count). The average molecular weight is 583 g/mol. The lowest BCUT2D eigenvalue weighted by Gasteiger charge is -2.42. The molecule has 0 aromatic heterocycles. The van der Waals surface area contributed by atoms with Crippen LogP contribution in [0.25, 0.3) is 0 Å². The van der Waals surface area contributed by atoms with Gasteiger partial charge in [0, 0.05) is 0 Å². The van der Waals surface area contributed by atoms with Gasteiger partial charge in [0.05, 0.1) is 0 Å². The third-order valence-corrected chi connectivity index (χ3v) is 24.5. The molecule has 3 nitrogen and oxygen atoms in total. The van der Waals surface area contributed by atoms with Crippen molar-refractivity contribution in [3.63, 3.8) is 0 Å². The van der Waals surface area contributed by atoms with Gasteiger partial charge in [-0.2, -0.15) is 0 Å². The van der Waals surface area contributed by atoms with Crippen LogP contribution in [-0.2, 0) is 12.3 Å². The highest BCUT2D eigenvalue weighted by atomic mass is 28.5. The molecule has 0 aliphatic heterocycles. The fourth-order valence-corrected chi connectivity index (χ4v) is 29.2. The van der Waals surface area contributed by atoms with Crippen molar-refractivity contribution in [1.29, 1.82) is 0 Å². The fraction of sp³-hybridized carbons (Fsp3) is 0.379. The summed E-state index contributed by atoms with van der Waals surface area (Å²) < 4.78 is 21.3. The molecule has 37 heavy (non-hydrogen) atoms. The van der Waals surface area contributed by atoms with E-state index in [-0.39, 0.29) is 0 Å². The Labute approximate surface area is 231 Å². The van der Waals surface area contributed by atoms with Gasteiger partial charge in [-0.15, -0.1) is 0 Å². The molecule has 3 aromatic rings. The van der Waals surface area contributed by atoms with E-state index in [0.29, 0.717) is 0 Å². The Morgan fingerprint density at radius 2 is 0.757 bits per heavy atom. The monoisotopic (exact) mass is 582 g/mol. The van der Waals surface area contributed by atoms with Crippen molar-refractivity contribution in [2.75, 3.05) is 0 Å². The Balaban J connectivity index is 2.05. The second-order valence-electron chi connectivity index (χ2n) is 12.7. The van der Waals surface area contributed by atoms with Gasteiger partial charge < -0.3 is 12.3 Å². The highest BCUT2D eigenvalue weighted by molar-refractivity contribution is 7.10. The normalized spacial score (nSPS) is 13.5. The predicted molar refractivity (Wildman–Crippen MR) is 173 cm³/mol. The summed E-state index contributed by atoms with van der Waals surface area (Å²) >= 11 is 0. The molecule has 0 atom stereocenters. The Kier molecular flexibility index (Phi) is 9.61. The van der Waals surface area contributed by atoms with Gasteiger partial charge in [-0.3, -0.25) is 0 Å². The van der Waals surface area contributed by atoms with E-state index in [1.54, 1.807) is 0 Å². The van der Waals surface area contributed by atoms with E-state index in [9.17, 15) is 0 Å². The smallest absolute Gasteiger partial charge is 0.314 e. The van der Waals surface area contributed by atoms with Gasteiger partial charge in [0.1, 0.15) is 0 Å². The first kappa shape index (κ1) is 30.2. The maximum Gasteiger partial charge on any atom is 0.314 e. The largest absolute Gasteiger partial charge is 0.446 e. The van der Waals surface area contributed by atoms with E-state index in [2.05, 4.69) is 150 Å². The Hall–Kier alpha value is -1.38. The molecule has 0 spiro atoms. The molecule has 0 heterocycles. The van der Waals surface area contributed by atoms with Crippen LogP contribution in [0.15, 0.2) is 91.0 Å². The van der Waals surface area contributed by atoms with Crippen molar-refractivity contribution in [2.24, 2.45) is 0 Å². The highest BCUT2D eigenvalue weighted by Gasteiger charge is 2.48. The van der Waals surface area contributed by atoms with Crippen LogP contribution in [0.4, 0.5) is 0 Å². The van der Waals surface area contributed by atoms with Crippen LogP contribution in [-0.4, -0.2) is 41.8 Å². The van der Waals surface area contributed by atoms with E-state index in [1.165, 1.54) is 15.6 Å². The SMILES string of the molecule is C[Si](C)(C)O[Si](C)(CC[Si](C)(C)O[Si](c1ccccc1)(c1ccccc1)c1ccccc1)O[Si](C)(C)C. The quantitative estimate of drug-likeness (QED) is 0.177. The molecule has 0 N–H and O–H groups in total. The summed E-state index contributed by atoms with van der Waals surface area (Å²) in [4.78, 5) is 0. The zero-order chi connectivity index (χ0) is 27.4. The molecule has 0 radical (unpaired) electrons. The molecule has 8 heteroatoms. The van der Waals surface area contributed by atoms with Gasteiger partial charge >= 0.3 is 8.56 Å². The minimum atomic E-state index is -2.74. The third-order valence-electron chi connectivity index (χ3n) is 6.20. The summed E-state index contributed by atoms with van der Waals surface area (Å²) in [5, 5.41) is 3.89. The minimum absolute atomic E-state index is 0.976. The van der Waals surface area contributed by atoms with E-state index >= 15 is 0 Å². The summed E-state index contributed by atoms with van der Waals surface area (Å²) in [6, 6.07) is 34.7. The molecule has 0 aliphatic carbocycles. The fourth-order valence-electron chi connectivity index (χ4n) is 5.11. The Morgan fingerprint density at radius 1 is 0.432 bits per heavy atom. The summed E-state index contributed by atoms with van der Waals surface area (Å²) in [6.07, 6.45) is 0. The zero-order valence-electron chi connectivity index (χ0n) is 24.3. The van der Waals surface area contributed by atoms with Crippen LogP contribution in [0.5, 0.6) is 0 Å². The summed E-state index contributed by atoms with van der Waals surface area (Å²) in [5.41, 5.74) is 0. The Bertz CT molecular complexity index is 998. The number of rotatable bonds is 12. The average Bonchev–Trinajstić information content (AvgIpc) is 2.81. The van der Waals surface area contributed by atoms with Crippen LogP contribution >= 0.6 is 0 Å². The van der Waals surface area contributed by atoms with E-state index in [1.807, 2.05) is 0 Å². The molecule has 0 saturated heterocycles. The number of benzene rings is 3. The Morgan fingerprint density at radius 3 is 1.05 bits per heavy atom. The number of hydrogen-bond donors (Lipinski definition) is 0. The van der Waals surface area contributed by atoms with Crippen molar-refractivity contribution < 1.29 is 12.3 Å². The van der Waals surface area contributed by atoms with Crippen molar-refractivity contribution in [1.82, 2.24) is 0 Å². The highest BCUT2D eigenvalue weighted by Crippen LogP contribution is 2.30. The maximum atomic E-state index is 7.65. The molecule has 0 bridgehead atoms. The van der Waals surface area contributed by atoms with Crippen LogP contribution in [0.2, 0.25) is 71.0 Å². The molecule has 3 aromatic carbocycles. The minimum Gasteiger partial charge on any atom is -0.446 e. The lowest BCUT2D eigenvalue weighted by atomic mass is 10.3. The maximum absolute atomic E-state index is 7.65. The first-order valence-electron chi connectivity index (χ1n) is 13.4.